The molecule has 3 rings (SSSR count). The van der Waals surface area contributed by atoms with Gasteiger partial charge in [0, 0.05) is 25.5 Å². The Morgan fingerprint density at radius 2 is 2.11 bits per heavy atom. The normalized spacial score (nSPS) is 16.5. The molecule has 1 aliphatic heterocycles. The van der Waals surface area contributed by atoms with Crippen LogP contribution in [0.15, 0.2) is 33.8 Å². The SMILES string of the molecule is CC(C)=Cc1ccc2[nH]nc(C(C)=NC=NCN3CCN(C)C(=O)C3)c2c1. The topological polar surface area (TPSA) is 77.0 Å². The number of aromatic amines is 1. The number of rotatable bonds is 5. The first-order chi connectivity index (χ1) is 12.9. The molecule has 0 spiro atoms. The van der Waals surface area contributed by atoms with Crippen molar-refractivity contribution in [3.05, 3.63) is 35.0 Å². The van der Waals surface area contributed by atoms with Crippen molar-refractivity contribution < 1.29 is 4.79 Å². The van der Waals surface area contributed by atoms with Crippen LogP contribution in [0.4, 0.5) is 0 Å². The quantitative estimate of drug-likeness (QED) is 0.653. The molecule has 0 radical (unpaired) electrons. The zero-order valence-electron chi connectivity index (χ0n) is 16.4. The van der Waals surface area contributed by atoms with Crippen molar-refractivity contribution in [3.63, 3.8) is 0 Å². The van der Waals surface area contributed by atoms with Gasteiger partial charge in [-0.05, 0) is 38.5 Å². The fourth-order valence-electron chi connectivity index (χ4n) is 3.00. The number of H-pyrrole nitrogens is 1. The van der Waals surface area contributed by atoms with Crippen molar-refractivity contribution in [2.75, 3.05) is 33.4 Å². The average Bonchev–Trinajstić information content (AvgIpc) is 3.04. The van der Waals surface area contributed by atoms with Crippen LogP contribution in [0.2, 0.25) is 0 Å². The highest BCUT2D eigenvalue weighted by Crippen LogP contribution is 2.20. The molecular formula is C20H26N6O. The summed E-state index contributed by atoms with van der Waals surface area (Å²) in [5.41, 5.74) is 5.01. The second-order valence-corrected chi connectivity index (χ2v) is 7.12. The molecule has 2 aromatic rings. The van der Waals surface area contributed by atoms with E-state index in [0.29, 0.717) is 13.2 Å². The summed E-state index contributed by atoms with van der Waals surface area (Å²) in [5, 5.41) is 8.50. The van der Waals surface area contributed by atoms with Gasteiger partial charge < -0.3 is 4.90 Å². The Kier molecular flexibility index (Phi) is 5.81. The molecule has 0 unspecified atom stereocenters. The van der Waals surface area contributed by atoms with E-state index in [0.717, 1.165) is 41.0 Å². The first-order valence-corrected chi connectivity index (χ1v) is 9.06. The fraction of sp³-hybridized carbons (Fsp3) is 0.400. The Labute approximate surface area is 159 Å². The number of fused-ring (bicyclic) bond motifs is 1. The van der Waals surface area contributed by atoms with Gasteiger partial charge in [0.2, 0.25) is 5.91 Å². The number of allylic oxidation sites excluding steroid dienone is 1. The fourth-order valence-corrected chi connectivity index (χ4v) is 3.00. The van der Waals surface area contributed by atoms with Crippen LogP contribution < -0.4 is 0 Å². The molecular weight excluding hydrogens is 340 g/mol. The van der Waals surface area contributed by atoms with Crippen molar-refractivity contribution in [1.82, 2.24) is 20.0 Å². The number of amides is 1. The smallest absolute Gasteiger partial charge is 0.236 e. The van der Waals surface area contributed by atoms with E-state index >= 15 is 0 Å². The van der Waals surface area contributed by atoms with Gasteiger partial charge in [-0.2, -0.15) is 5.10 Å². The first-order valence-electron chi connectivity index (χ1n) is 9.06. The van der Waals surface area contributed by atoms with E-state index in [1.165, 1.54) is 5.57 Å². The highest BCUT2D eigenvalue weighted by molar-refractivity contribution is 6.10. The monoisotopic (exact) mass is 366 g/mol. The highest BCUT2D eigenvalue weighted by atomic mass is 16.2. The van der Waals surface area contributed by atoms with E-state index in [1.807, 2.05) is 24.9 Å². The number of aliphatic imine (C=N–C) groups is 2. The molecule has 0 bridgehead atoms. The van der Waals surface area contributed by atoms with E-state index in [-0.39, 0.29) is 5.91 Å². The third-order valence-electron chi connectivity index (χ3n) is 4.54. The molecule has 2 heterocycles. The number of likely N-dealkylation sites (N-methyl/N-ethyl adjacent to an activating group) is 1. The average molecular weight is 366 g/mol. The van der Waals surface area contributed by atoms with Crippen LogP contribution in [0.5, 0.6) is 0 Å². The van der Waals surface area contributed by atoms with Gasteiger partial charge in [0.15, 0.2) is 0 Å². The van der Waals surface area contributed by atoms with E-state index in [2.05, 4.69) is 52.2 Å². The summed E-state index contributed by atoms with van der Waals surface area (Å²) in [4.78, 5) is 24.2. The van der Waals surface area contributed by atoms with Crippen LogP contribution in [-0.2, 0) is 4.79 Å². The van der Waals surface area contributed by atoms with Crippen LogP contribution in [0.25, 0.3) is 17.0 Å². The minimum absolute atomic E-state index is 0.131. The highest BCUT2D eigenvalue weighted by Gasteiger charge is 2.19. The molecule has 1 aromatic heterocycles. The van der Waals surface area contributed by atoms with Crippen LogP contribution in [0, 0.1) is 0 Å². The minimum Gasteiger partial charge on any atom is -0.343 e. The largest absolute Gasteiger partial charge is 0.343 e. The molecule has 1 fully saturated rings. The third-order valence-corrected chi connectivity index (χ3v) is 4.54. The summed E-state index contributed by atoms with van der Waals surface area (Å²) in [6.07, 6.45) is 3.69. The van der Waals surface area contributed by atoms with E-state index < -0.39 is 0 Å². The molecule has 1 aromatic carbocycles. The maximum absolute atomic E-state index is 11.7. The van der Waals surface area contributed by atoms with Crippen molar-refractivity contribution in [3.8, 4) is 0 Å². The van der Waals surface area contributed by atoms with Crippen LogP contribution in [0.3, 0.4) is 0 Å². The summed E-state index contributed by atoms with van der Waals surface area (Å²) in [5.74, 6) is 0.131. The lowest BCUT2D eigenvalue weighted by molar-refractivity contribution is -0.134. The van der Waals surface area contributed by atoms with Gasteiger partial charge in [-0.1, -0.05) is 17.7 Å². The molecule has 1 amide bonds. The number of nitrogens with zero attached hydrogens (tertiary/aromatic N) is 5. The molecule has 1 aliphatic rings. The zero-order chi connectivity index (χ0) is 19.4. The third kappa shape index (κ3) is 4.68. The lowest BCUT2D eigenvalue weighted by atomic mass is 10.1. The van der Waals surface area contributed by atoms with Gasteiger partial charge in [0.25, 0.3) is 0 Å². The number of hydrogen-bond donors (Lipinski definition) is 1. The molecule has 0 atom stereocenters. The molecule has 27 heavy (non-hydrogen) atoms. The zero-order valence-corrected chi connectivity index (χ0v) is 16.4. The Balaban J connectivity index is 1.70. The Bertz CT molecular complexity index is 920. The van der Waals surface area contributed by atoms with E-state index in [9.17, 15) is 4.79 Å². The number of carbonyl (C=O) groups is 1. The van der Waals surface area contributed by atoms with Crippen molar-refractivity contribution in [1.29, 1.82) is 0 Å². The Morgan fingerprint density at radius 3 is 2.85 bits per heavy atom. The number of carbonyl (C=O) groups excluding carboxylic acids is 1. The number of hydrogen-bond acceptors (Lipinski definition) is 4. The molecule has 0 saturated carbocycles. The lowest BCUT2D eigenvalue weighted by Crippen LogP contribution is -2.48. The Morgan fingerprint density at radius 1 is 1.30 bits per heavy atom. The minimum atomic E-state index is 0.131. The van der Waals surface area contributed by atoms with Gasteiger partial charge in [-0.15, -0.1) is 0 Å². The molecule has 7 nitrogen and oxygen atoms in total. The van der Waals surface area contributed by atoms with E-state index in [1.54, 1.807) is 11.2 Å². The van der Waals surface area contributed by atoms with Gasteiger partial charge >= 0.3 is 0 Å². The predicted octanol–water partition coefficient (Wildman–Crippen LogP) is 2.55. The second-order valence-electron chi connectivity index (χ2n) is 7.12. The van der Waals surface area contributed by atoms with Gasteiger partial charge in [0.1, 0.15) is 12.0 Å². The molecule has 1 saturated heterocycles. The number of aromatic nitrogens is 2. The molecule has 0 aliphatic carbocycles. The summed E-state index contributed by atoms with van der Waals surface area (Å²) in [6.45, 7) is 8.54. The second kappa shape index (κ2) is 8.26. The molecule has 7 heteroatoms. The van der Waals surface area contributed by atoms with Crippen LogP contribution >= 0.6 is 0 Å². The van der Waals surface area contributed by atoms with Crippen LogP contribution in [-0.4, -0.2) is 71.3 Å². The van der Waals surface area contributed by atoms with Crippen molar-refractivity contribution in [2.45, 2.75) is 20.8 Å². The van der Waals surface area contributed by atoms with Gasteiger partial charge in [-0.3, -0.25) is 19.8 Å². The number of nitrogens with one attached hydrogen (secondary N) is 1. The van der Waals surface area contributed by atoms with Crippen LogP contribution in [0.1, 0.15) is 32.0 Å². The van der Waals surface area contributed by atoms with E-state index in [4.69, 9.17) is 0 Å². The van der Waals surface area contributed by atoms with Gasteiger partial charge in [-0.25, -0.2) is 4.99 Å². The molecule has 142 valence electrons. The summed E-state index contributed by atoms with van der Waals surface area (Å²) in [7, 11) is 1.83. The predicted molar refractivity (Wildman–Crippen MR) is 110 cm³/mol. The van der Waals surface area contributed by atoms with Crippen molar-refractivity contribution >= 4 is 34.9 Å². The standard InChI is InChI=1S/C20H26N6O/c1-14(2)9-16-5-6-18-17(10-16)20(24-23-18)15(3)22-12-21-13-26-8-7-25(4)19(27)11-26/h5-6,9-10,12H,7-8,11,13H2,1-4H3,(H,23,24). The summed E-state index contributed by atoms with van der Waals surface area (Å²) in [6, 6.07) is 6.22. The first kappa shape index (κ1) is 19.0. The maximum atomic E-state index is 11.7. The Hall–Kier alpha value is -2.80. The molecule has 1 N–H and O–H groups in total. The maximum Gasteiger partial charge on any atom is 0.236 e. The lowest BCUT2D eigenvalue weighted by Gasteiger charge is -2.30. The van der Waals surface area contributed by atoms with Gasteiger partial charge in [0.05, 0.1) is 24.4 Å². The number of piperazine rings is 1. The number of benzene rings is 1. The summed E-state index contributed by atoms with van der Waals surface area (Å²) >= 11 is 0. The van der Waals surface area contributed by atoms with Crippen molar-refractivity contribution in [2.24, 2.45) is 9.98 Å². The summed E-state index contributed by atoms with van der Waals surface area (Å²) < 4.78 is 0.